The molecular formula is C16H24F3Te+. The Bertz CT molecular complexity index is 362. The summed E-state index contributed by atoms with van der Waals surface area (Å²) in [7, 11) is 0. The van der Waals surface area contributed by atoms with Gasteiger partial charge in [0.1, 0.15) is 0 Å². The summed E-state index contributed by atoms with van der Waals surface area (Å²) in [4.78, 5) is 0. The number of benzene rings is 1. The Hall–Kier alpha value is -0.200. The zero-order chi connectivity index (χ0) is 15.0. The van der Waals surface area contributed by atoms with E-state index >= 15 is 0 Å². The third-order valence-electron chi connectivity index (χ3n) is 3.23. The summed E-state index contributed by atoms with van der Waals surface area (Å²) in [6.07, 6.45) is 0.775. The fourth-order valence-corrected chi connectivity index (χ4v) is 9.25. The predicted octanol–water partition coefficient (Wildman–Crippen LogP) is 5.88. The van der Waals surface area contributed by atoms with Gasteiger partial charge in [0, 0.05) is 0 Å². The fraction of sp³-hybridized carbons (Fsp3) is 0.625. The molecule has 0 radical (unpaired) electrons. The molecule has 0 unspecified atom stereocenters. The molecule has 0 N–H and O–H groups in total. The third kappa shape index (κ3) is 6.50. The summed E-state index contributed by atoms with van der Waals surface area (Å²) in [5.41, 5.74) is 0.562. The van der Waals surface area contributed by atoms with Crippen molar-refractivity contribution in [2.24, 2.45) is 0 Å². The van der Waals surface area contributed by atoms with Crippen LogP contribution >= 0.6 is 0 Å². The van der Waals surface area contributed by atoms with Crippen LogP contribution in [0.1, 0.15) is 50.7 Å². The second-order valence-corrected chi connectivity index (χ2v) is 11.7. The molecular weight excluding hydrogens is 377 g/mol. The molecule has 1 aromatic rings. The summed E-state index contributed by atoms with van der Waals surface area (Å²) in [5, 5.41) is 0. The second-order valence-electron chi connectivity index (χ2n) is 5.07. The number of halogens is 3. The maximum atomic E-state index is 12.5. The van der Waals surface area contributed by atoms with Gasteiger partial charge in [0.05, 0.1) is 0 Å². The fourth-order valence-electron chi connectivity index (χ4n) is 1.97. The van der Waals surface area contributed by atoms with Gasteiger partial charge in [-0.15, -0.1) is 0 Å². The van der Waals surface area contributed by atoms with Gasteiger partial charge in [-0.1, -0.05) is 0 Å². The van der Waals surface area contributed by atoms with Crippen molar-refractivity contribution >= 4 is 19.6 Å². The van der Waals surface area contributed by atoms with Crippen LogP contribution in [0.5, 0.6) is 0 Å². The molecule has 114 valence electrons. The van der Waals surface area contributed by atoms with Crippen molar-refractivity contribution in [2.45, 2.75) is 59.1 Å². The molecule has 1 aromatic carbocycles. The average Bonchev–Trinajstić information content (AvgIpc) is 2.41. The van der Waals surface area contributed by atoms with Crippen molar-refractivity contribution in [3.8, 4) is 0 Å². The van der Waals surface area contributed by atoms with E-state index in [4.69, 9.17) is 0 Å². The average molecular weight is 401 g/mol. The number of hydrogen-bond acceptors (Lipinski definition) is 0. The van der Waals surface area contributed by atoms with E-state index in [9.17, 15) is 13.2 Å². The van der Waals surface area contributed by atoms with Crippen LogP contribution in [0.3, 0.4) is 0 Å². The van der Waals surface area contributed by atoms with Gasteiger partial charge in [0.15, 0.2) is 0 Å². The van der Waals surface area contributed by atoms with E-state index in [1.54, 1.807) is 12.1 Å². The van der Waals surface area contributed by atoms with Gasteiger partial charge in [0.2, 0.25) is 0 Å². The van der Waals surface area contributed by atoms with E-state index in [0.717, 1.165) is 10.0 Å². The zero-order valence-corrected chi connectivity index (χ0v) is 14.6. The Kier molecular flexibility index (Phi) is 7.99. The Labute approximate surface area is 127 Å². The van der Waals surface area contributed by atoms with Gasteiger partial charge < -0.3 is 0 Å². The van der Waals surface area contributed by atoms with Crippen molar-refractivity contribution in [3.05, 3.63) is 35.4 Å². The molecule has 0 amide bonds. The van der Waals surface area contributed by atoms with Gasteiger partial charge in [-0.05, 0) is 0 Å². The molecule has 0 spiro atoms. The van der Waals surface area contributed by atoms with Crippen LogP contribution in [0, 0.1) is 0 Å². The Morgan fingerprint density at radius 2 is 1.40 bits per heavy atom. The molecule has 0 aliphatic carbocycles. The van der Waals surface area contributed by atoms with Gasteiger partial charge in [0.25, 0.3) is 0 Å². The SMILES string of the molecule is CCCC[Te+](CCCC)Cc1ccc(C(F)(F)F)cc1. The summed E-state index contributed by atoms with van der Waals surface area (Å²) in [6, 6.07) is 5.81. The first-order valence-electron chi connectivity index (χ1n) is 7.27. The van der Waals surface area contributed by atoms with Crippen molar-refractivity contribution in [1.82, 2.24) is 0 Å². The summed E-state index contributed by atoms with van der Waals surface area (Å²) in [6.45, 7) is 4.41. The molecule has 20 heavy (non-hydrogen) atoms. The molecule has 0 aromatic heterocycles. The van der Waals surface area contributed by atoms with Crippen molar-refractivity contribution in [3.63, 3.8) is 0 Å². The van der Waals surface area contributed by atoms with Crippen LogP contribution < -0.4 is 0 Å². The molecule has 0 nitrogen and oxygen atoms in total. The number of alkyl halides is 3. The van der Waals surface area contributed by atoms with Crippen LogP contribution in [0.25, 0.3) is 0 Å². The number of hydrogen-bond donors (Lipinski definition) is 0. The molecule has 0 saturated heterocycles. The van der Waals surface area contributed by atoms with Crippen LogP contribution in [0.4, 0.5) is 13.2 Å². The van der Waals surface area contributed by atoms with Gasteiger partial charge >= 0.3 is 127 Å². The monoisotopic (exact) mass is 403 g/mol. The van der Waals surface area contributed by atoms with E-state index in [2.05, 4.69) is 13.8 Å². The van der Waals surface area contributed by atoms with Crippen LogP contribution in [0.2, 0.25) is 8.94 Å². The summed E-state index contributed by atoms with van der Waals surface area (Å²) >= 11 is -1.16. The quantitative estimate of drug-likeness (QED) is 0.478. The first-order valence-corrected chi connectivity index (χ1v) is 12.2. The van der Waals surface area contributed by atoms with Crippen molar-refractivity contribution in [2.75, 3.05) is 0 Å². The molecule has 0 saturated carbocycles. The molecule has 0 aliphatic rings. The standard InChI is InChI=1S/C16H24F3Te/c1-3-5-11-20(12-6-4-2)13-14-7-9-15(10-8-14)16(17,18)19/h7-10H,3-6,11-13H2,1-2H3/q+1. The van der Waals surface area contributed by atoms with Crippen molar-refractivity contribution in [1.29, 1.82) is 0 Å². The van der Waals surface area contributed by atoms with Crippen LogP contribution in [-0.2, 0) is 10.6 Å². The number of rotatable bonds is 8. The van der Waals surface area contributed by atoms with E-state index in [1.165, 1.54) is 46.8 Å². The Morgan fingerprint density at radius 3 is 1.80 bits per heavy atom. The van der Waals surface area contributed by atoms with Gasteiger partial charge in [-0.2, -0.15) is 0 Å². The van der Waals surface area contributed by atoms with Crippen LogP contribution in [-0.4, -0.2) is 19.6 Å². The first-order chi connectivity index (χ1) is 9.47. The minimum atomic E-state index is -4.22. The normalized spacial score (nSPS) is 12.1. The van der Waals surface area contributed by atoms with E-state index in [-0.39, 0.29) is 0 Å². The molecule has 1 rings (SSSR count). The van der Waals surface area contributed by atoms with Gasteiger partial charge in [-0.3, -0.25) is 0 Å². The predicted molar refractivity (Wildman–Crippen MR) is 80.3 cm³/mol. The van der Waals surface area contributed by atoms with E-state index < -0.39 is 31.3 Å². The van der Waals surface area contributed by atoms with E-state index in [1.807, 2.05) is 0 Å². The molecule has 0 atom stereocenters. The molecule has 0 aliphatic heterocycles. The summed E-state index contributed by atoms with van der Waals surface area (Å²) < 4.78 is 41.3. The Balaban J connectivity index is 2.62. The zero-order valence-electron chi connectivity index (χ0n) is 12.3. The van der Waals surface area contributed by atoms with Crippen molar-refractivity contribution < 1.29 is 13.2 Å². The van der Waals surface area contributed by atoms with E-state index in [0.29, 0.717) is 0 Å². The Morgan fingerprint density at radius 1 is 0.900 bits per heavy atom. The summed E-state index contributed by atoms with van der Waals surface area (Å²) in [5.74, 6) is 0. The number of unbranched alkanes of at least 4 members (excludes halogenated alkanes) is 2. The molecule has 0 fully saturated rings. The minimum absolute atomic E-state index is 0.537. The molecule has 0 bridgehead atoms. The molecule has 0 heterocycles. The second kappa shape index (κ2) is 8.95. The van der Waals surface area contributed by atoms with Crippen LogP contribution in [0.15, 0.2) is 24.3 Å². The topological polar surface area (TPSA) is 0 Å². The maximum absolute atomic E-state index is 12.5. The third-order valence-corrected chi connectivity index (χ3v) is 10.3. The van der Waals surface area contributed by atoms with Gasteiger partial charge in [-0.25, -0.2) is 0 Å². The molecule has 4 heteroatoms. The first kappa shape index (κ1) is 17.9.